The third-order valence-electron chi connectivity index (χ3n) is 5.42. The van der Waals surface area contributed by atoms with Crippen molar-refractivity contribution in [2.75, 3.05) is 0 Å². The van der Waals surface area contributed by atoms with E-state index in [2.05, 4.69) is 10.1 Å². The number of furan rings is 1. The number of benzene rings is 2. The Morgan fingerprint density at radius 2 is 1.94 bits per heavy atom. The molecule has 1 atom stereocenters. The first-order valence-corrected chi connectivity index (χ1v) is 10.5. The average molecular weight is 450 g/mol. The Morgan fingerprint density at radius 3 is 2.71 bits per heavy atom. The van der Waals surface area contributed by atoms with Gasteiger partial charge in [0.05, 0.1) is 28.4 Å². The van der Waals surface area contributed by atoms with Gasteiger partial charge in [0.2, 0.25) is 0 Å². The van der Waals surface area contributed by atoms with Crippen LogP contribution >= 0.6 is 23.2 Å². The first-order chi connectivity index (χ1) is 15.0. The first kappa shape index (κ1) is 19.8. The molecule has 7 heteroatoms. The zero-order chi connectivity index (χ0) is 21.5. The molecule has 31 heavy (non-hydrogen) atoms. The molecule has 1 aliphatic rings. The van der Waals surface area contributed by atoms with Crippen LogP contribution in [0.4, 0.5) is 0 Å². The SMILES string of the molecule is Cc1cccc2cc(C3CC(c4ccco4)=NN3C(=O)c3ccccc3Cl)c(Cl)nc12. The minimum atomic E-state index is -0.436. The second-order valence-corrected chi connectivity index (χ2v) is 8.15. The van der Waals surface area contributed by atoms with Crippen molar-refractivity contribution < 1.29 is 9.21 Å². The zero-order valence-electron chi connectivity index (χ0n) is 16.5. The van der Waals surface area contributed by atoms with Gasteiger partial charge in [-0.25, -0.2) is 9.99 Å². The summed E-state index contributed by atoms with van der Waals surface area (Å²) in [7, 11) is 0. The predicted molar refractivity (Wildman–Crippen MR) is 122 cm³/mol. The average Bonchev–Trinajstić information content (AvgIpc) is 3.44. The van der Waals surface area contributed by atoms with Crippen LogP contribution in [0.3, 0.4) is 0 Å². The molecule has 0 aliphatic carbocycles. The lowest BCUT2D eigenvalue weighted by Crippen LogP contribution is -2.27. The van der Waals surface area contributed by atoms with E-state index in [9.17, 15) is 4.79 Å². The molecule has 0 saturated heterocycles. The Hall–Kier alpha value is -3.15. The van der Waals surface area contributed by atoms with Gasteiger partial charge >= 0.3 is 0 Å². The molecule has 0 radical (unpaired) electrons. The number of rotatable bonds is 3. The summed E-state index contributed by atoms with van der Waals surface area (Å²) >= 11 is 12.9. The largest absolute Gasteiger partial charge is 0.463 e. The highest BCUT2D eigenvalue weighted by molar-refractivity contribution is 6.34. The number of hydrogen-bond donors (Lipinski definition) is 0. The maximum Gasteiger partial charge on any atom is 0.276 e. The van der Waals surface area contributed by atoms with E-state index in [0.29, 0.717) is 33.6 Å². The van der Waals surface area contributed by atoms with Gasteiger partial charge < -0.3 is 4.42 Å². The third kappa shape index (κ3) is 3.50. The number of carbonyl (C=O) groups is 1. The van der Waals surface area contributed by atoms with E-state index in [1.165, 1.54) is 5.01 Å². The molecule has 0 N–H and O–H groups in total. The summed E-state index contributed by atoms with van der Waals surface area (Å²) in [6.07, 6.45) is 2.03. The molecular weight excluding hydrogens is 433 g/mol. The highest BCUT2D eigenvalue weighted by atomic mass is 35.5. The Kier molecular flexibility index (Phi) is 5.00. The molecule has 0 bridgehead atoms. The maximum absolute atomic E-state index is 13.4. The molecule has 1 amide bonds. The molecule has 1 aliphatic heterocycles. The van der Waals surface area contributed by atoms with Crippen molar-refractivity contribution in [3.8, 4) is 0 Å². The quantitative estimate of drug-likeness (QED) is 0.338. The fourth-order valence-corrected chi connectivity index (χ4v) is 4.35. The molecule has 3 heterocycles. The number of carbonyl (C=O) groups excluding carboxylic acids is 1. The number of hydrogen-bond acceptors (Lipinski definition) is 4. The molecule has 4 aromatic rings. The van der Waals surface area contributed by atoms with E-state index >= 15 is 0 Å². The van der Waals surface area contributed by atoms with Gasteiger partial charge in [0.25, 0.3) is 5.91 Å². The van der Waals surface area contributed by atoms with E-state index in [4.69, 9.17) is 27.6 Å². The number of fused-ring (bicyclic) bond motifs is 1. The standard InChI is InChI=1S/C24H17Cl2N3O2/c1-14-6-4-7-15-12-17(23(26)27-22(14)15)20-13-19(21-10-5-11-31-21)28-29(20)24(30)16-8-2-3-9-18(16)25/h2-12,20H,13H2,1H3. The van der Waals surface area contributed by atoms with Gasteiger partial charge in [0.1, 0.15) is 16.6 Å². The van der Waals surface area contributed by atoms with Gasteiger partial charge in [-0.3, -0.25) is 4.79 Å². The van der Waals surface area contributed by atoms with Gasteiger partial charge in [0, 0.05) is 17.4 Å². The Balaban J connectivity index is 1.63. The molecule has 5 rings (SSSR count). The maximum atomic E-state index is 13.4. The number of hydrazone groups is 1. The van der Waals surface area contributed by atoms with Gasteiger partial charge in [-0.15, -0.1) is 0 Å². The van der Waals surface area contributed by atoms with Gasteiger partial charge in [-0.05, 0) is 42.8 Å². The molecule has 0 spiro atoms. The zero-order valence-corrected chi connectivity index (χ0v) is 18.1. The van der Waals surface area contributed by atoms with Crippen molar-refractivity contribution in [3.63, 3.8) is 0 Å². The predicted octanol–water partition coefficient (Wildman–Crippen LogP) is 6.43. The lowest BCUT2D eigenvalue weighted by molar-refractivity contribution is 0.0711. The van der Waals surface area contributed by atoms with Gasteiger partial charge in [-0.1, -0.05) is 53.5 Å². The molecule has 2 aromatic carbocycles. The van der Waals surface area contributed by atoms with E-state index in [-0.39, 0.29) is 5.91 Å². The fourth-order valence-electron chi connectivity index (χ4n) is 3.86. The van der Waals surface area contributed by atoms with Crippen molar-refractivity contribution in [1.29, 1.82) is 0 Å². The number of aryl methyl sites for hydroxylation is 1. The lowest BCUT2D eigenvalue weighted by atomic mass is 9.99. The molecule has 1 unspecified atom stereocenters. The minimum absolute atomic E-state index is 0.308. The summed E-state index contributed by atoms with van der Waals surface area (Å²) in [5.74, 6) is 0.303. The highest BCUT2D eigenvalue weighted by Gasteiger charge is 2.36. The molecule has 2 aromatic heterocycles. The topological polar surface area (TPSA) is 58.7 Å². The summed E-state index contributed by atoms with van der Waals surface area (Å²) in [5, 5.41) is 7.71. The summed E-state index contributed by atoms with van der Waals surface area (Å²) in [4.78, 5) is 18.1. The molecule has 0 saturated carbocycles. The number of pyridine rings is 1. The van der Waals surface area contributed by atoms with Crippen molar-refractivity contribution in [3.05, 3.63) is 99.6 Å². The van der Waals surface area contributed by atoms with Gasteiger partial charge in [0.15, 0.2) is 0 Å². The minimum Gasteiger partial charge on any atom is -0.463 e. The lowest BCUT2D eigenvalue weighted by Gasteiger charge is -2.23. The third-order valence-corrected chi connectivity index (χ3v) is 6.05. The second kappa shape index (κ2) is 7.84. The summed E-state index contributed by atoms with van der Waals surface area (Å²) in [5.41, 5.74) is 3.64. The van der Waals surface area contributed by atoms with Crippen LogP contribution in [0.2, 0.25) is 10.2 Å². The Morgan fingerprint density at radius 1 is 1.10 bits per heavy atom. The number of nitrogens with zero attached hydrogens (tertiary/aromatic N) is 3. The normalized spacial score (nSPS) is 16.0. The van der Waals surface area contributed by atoms with Crippen LogP contribution in [-0.4, -0.2) is 21.6 Å². The summed E-state index contributed by atoms with van der Waals surface area (Å²) < 4.78 is 5.53. The highest BCUT2D eigenvalue weighted by Crippen LogP contribution is 2.38. The van der Waals surface area contributed by atoms with Gasteiger partial charge in [-0.2, -0.15) is 5.10 Å². The van der Waals surface area contributed by atoms with Crippen LogP contribution in [-0.2, 0) is 0 Å². The number of amides is 1. The van der Waals surface area contributed by atoms with E-state index in [1.54, 1.807) is 36.6 Å². The summed E-state index contributed by atoms with van der Waals surface area (Å²) in [6, 6.07) is 18.0. The van der Waals surface area contributed by atoms with Crippen molar-refractivity contribution in [2.24, 2.45) is 5.10 Å². The Bertz CT molecular complexity index is 1330. The van der Waals surface area contributed by atoms with Crippen LogP contribution in [0.5, 0.6) is 0 Å². The molecular formula is C24H17Cl2N3O2. The van der Waals surface area contributed by atoms with Crippen LogP contribution < -0.4 is 0 Å². The van der Waals surface area contributed by atoms with E-state index < -0.39 is 6.04 Å². The van der Waals surface area contributed by atoms with Crippen molar-refractivity contribution >= 4 is 45.7 Å². The van der Waals surface area contributed by atoms with Crippen molar-refractivity contribution in [2.45, 2.75) is 19.4 Å². The van der Waals surface area contributed by atoms with E-state index in [1.807, 2.05) is 37.3 Å². The molecule has 5 nitrogen and oxygen atoms in total. The number of halogens is 2. The van der Waals surface area contributed by atoms with Crippen LogP contribution in [0.1, 0.15) is 39.7 Å². The summed E-state index contributed by atoms with van der Waals surface area (Å²) in [6.45, 7) is 1.99. The number of para-hydroxylation sites is 1. The Labute approximate surface area is 188 Å². The van der Waals surface area contributed by atoms with Crippen LogP contribution in [0, 0.1) is 6.92 Å². The first-order valence-electron chi connectivity index (χ1n) is 9.78. The number of aromatic nitrogens is 1. The second-order valence-electron chi connectivity index (χ2n) is 7.39. The van der Waals surface area contributed by atoms with Crippen molar-refractivity contribution in [1.82, 2.24) is 9.99 Å². The fraction of sp³-hybridized carbons (Fsp3) is 0.125. The smallest absolute Gasteiger partial charge is 0.276 e. The van der Waals surface area contributed by atoms with Crippen LogP contribution in [0.25, 0.3) is 10.9 Å². The molecule has 0 fully saturated rings. The van der Waals surface area contributed by atoms with Crippen LogP contribution in [0.15, 0.2) is 76.4 Å². The monoisotopic (exact) mass is 449 g/mol. The van der Waals surface area contributed by atoms with E-state index in [0.717, 1.165) is 22.0 Å². The molecule has 154 valence electrons.